The van der Waals surface area contributed by atoms with Crippen molar-refractivity contribution in [2.75, 3.05) is 13.1 Å². The highest BCUT2D eigenvalue weighted by atomic mass is 32.1. The van der Waals surface area contributed by atoms with Gasteiger partial charge in [-0.1, -0.05) is 38.9 Å². The second-order valence-corrected chi connectivity index (χ2v) is 7.05. The lowest BCUT2D eigenvalue weighted by Crippen LogP contribution is -2.23. The zero-order valence-corrected chi connectivity index (χ0v) is 13.4. The molecule has 0 spiro atoms. The molecule has 1 fully saturated rings. The van der Waals surface area contributed by atoms with Gasteiger partial charge in [-0.25, -0.2) is 4.98 Å². The number of rotatable bonds is 4. The fraction of sp³-hybridized carbons (Fsp3) is 0.714. The summed E-state index contributed by atoms with van der Waals surface area (Å²) in [7, 11) is 0. The third kappa shape index (κ3) is 3.97. The Kier molecular flexibility index (Phi) is 5.30. The molecule has 2 rings (SSSR count). The molecule has 0 amide bonds. The molecule has 0 unspecified atom stereocenters. The first kappa shape index (κ1) is 14.9. The number of thiazole rings is 1. The third-order valence-corrected chi connectivity index (χ3v) is 4.95. The van der Waals surface area contributed by atoms with Gasteiger partial charge in [0.2, 0.25) is 0 Å². The normalized spacial score (nSPS) is 17.6. The first-order chi connectivity index (χ1) is 9.08. The van der Waals surface area contributed by atoms with Gasteiger partial charge in [-0.05, 0) is 31.8 Å². The summed E-state index contributed by atoms with van der Waals surface area (Å²) in [6, 6.07) is 0. The minimum Gasteiger partial charge on any atom is -0.389 e. The number of nitrogens with zero attached hydrogens (tertiary/aromatic N) is 2. The summed E-state index contributed by atoms with van der Waals surface area (Å²) in [4.78, 5) is 8.78. The summed E-state index contributed by atoms with van der Waals surface area (Å²) < 4.78 is 0. The predicted octanol–water partition coefficient (Wildman–Crippen LogP) is 3.28. The molecule has 1 aliphatic heterocycles. The molecule has 0 aromatic carbocycles. The highest BCUT2D eigenvalue weighted by Gasteiger charge is 2.18. The van der Waals surface area contributed by atoms with Crippen molar-refractivity contribution in [1.82, 2.24) is 9.88 Å². The van der Waals surface area contributed by atoms with Crippen LogP contribution in [0.5, 0.6) is 0 Å². The average Bonchev–Trinajstić information content (AvgIpc) is 2.60. The van der Waals surface area contributed by atoms with E-state index in [4.69, 9.17) is 22.9 Å². The second-order valence-electron chi connectivity index (χ2n) is 5.53. The molecular formula is C14H23N3S2. The summed E-state index contributed by atoms with van der Waals surface area (Å²) >= 11 is 6.82. The summed E-state index contributed by atoms with van der Waals surface area (Å²) in [6.45, 7) is 7.63. The van der Waals surface area contributed by atoms with Crippen molar-refractivity contribution in [3.05, 3.63) is 15.6 Å². The van der Waals surface area contributed by atoms with Gasteiger partial charge in [-0.2, -0.15) is 0 Å². The van der Waals surface area contributed by atoms with Crippen molar-refractivity contribution < 1.29 is 0 Å². The second kappa shape index (κ2) is 6.77. The summed E-state index contributed by atoms with van der Waals surface area (Å²) in [5.41, 5.74) is 6.88. The van der Waals surface area contributed by atoms with Crippen LogP contribution < -0.4 is 5.73 Å². The fourth-order valence-electron chi connectivity index (χ4n) is 2.50. The van der Waals surface area contributed by atoms with Gasteiger partial charge in [0.05, 0.1) is 17.1 Å². The van der Waals surface area contributed by atoms with Crippen LogP contribution in [0.15, 0.2) is 0 Å². The standard InChI is InChI=1S/C14H23N3S2/c1-10(2)12-13(14(15)18)19-11(16-12)9-17-7-5-3-4-6-8-17/h10H,3-9H2,1-2H3,(H2,15,18). The molecule has 1 saturated heterocycles. The van der Waals surface area contributed by atoms with Crippen molar-refractivity contribution in [3.8, 4) is 0 Å². The van der Waals surface area contributed by atoms with Crippen LogP contribution in [0.1, 0.15) is 61.0 Å². The van der Waals surface area contributed by atoms with Crippen LogP contribution in [-0.4, -0.2) is 28.0 Å². The van der Waals surface area contributed by atoms with Gasteiger partial charge < -0.3 is 5.73 Å². The molecular weight excluding hydrogens is 274 g/mol. The maximum atomic E-state index is 5.81. The monoisotopic (exact) mass is 297 g/mol. The van der Waals surface area contributed by atoms with E-state index in [0.717, 1.165) is 22.1 Å². The Hall–Kier alpha value is -0.520. The van der Waals surface area contributed by atoms with Gasteiger partial charge in [-0.3, -0.25) is 4.90 Å². The van der Waals surface area contributed by atoms with Crippen molar-refractivity contribution in [2.24, 2.45) is 5.73 Å². The van der Waals surface area contributed by atoms with Gasteiger partial charge >= 0.3 is 0 Å². The smallest absolute Gasteiger partial charge is 0.116 e. The molecule has 0 saturated carbocycles. The van der Waals surface area contributed by atoms with E-state index in [1.807, 2.05) is 0 Å². The van der Waals surface area contributed by atoms with Crippen molar-refractivity contribution in [2.45, 2.75) is 52.0 Å². The highest BCUT2D eigenvalue weighted by molar-refractivity contribution is 7.81. The number of likely N-dealkylation sites (tertiary alicyclic amines) is 1. The van der Waals surface area contributed by atoms with Crippen LogP contribution in [0.4, 0.5) is 0 Å². The van der Waals surface area contributed by atoms with Crippen LogP contribution in [0.25, 0.3) is 0 Å². The average molecular weight is 297 g/mol. The van der Waals surface area contributed by atoms with Gasteiger partial charge in [0.25, 0.3) is 0 Å². The fourth-order valence-corrected chi connectivity index (χ4v) is 3.84. The Morgan fingerprint density at radius 3 is 2.42 bits per heavy atom. The molecule has 0 radical (unpaired) electrons. The van der Waals surface area contributed by atoms with Gasteiger partial charge in [0.1, 0.15) is 10.00 Å². The largest absolute Gasteiger partial charge is 0.389 e. The molecule has 19 heavy (non-hydrogen) atoms. The summed E-state index contributed by atoms with van der Waals surface area (Å²) in [5, 5.41) is 1.16. The van der Waals surface area contributed by atoms with Crippen LogP contribution in [0, 0.1) is 0 Å². The molecule has 0 atom stereocenters. The molecule has 1 aromatic heterocycles. The Labute approximate surface area is 125 Å². The number of thiocarbonyl (C=S) groups is 1. The molecule has 1 aromatic rings. The molecule has 5 heteroatoms. The maximum Gasteiger partial charge on any atom is 0.116 e. The third-order valence-electron chi connectivity index (χ3n) is 3.53. The summed E-state index contributed by atoms with van der Waals surface area (Å²) in [5.74, 6) is 0.380. The first-order valence-corrected chi connectivity index (χ1v) is 8.32. The van der Waals surface area contributed by atoms with Crippen LogP contribution in [0.2, 0.25) is 0 Å². The molecule has 1 aliphatic rings. The van der Waals surface area contributed by atoms with E-state index in [9.17, 15) is 0 Å². The number of nitrogens with two attached hydrogens (primary N) is 1. The van der Waals surface area contributed by atoms with Crippen molar-refractivity contribution in [1.29, 1.82) is 0 Å². The highest BCUT2D eigenvalue weighted by Crippen LogP contribution is 2.26. The van der Waals surface area contributed by atoms with Crippen molar-refractivity contribution >= 4 is 28.5 Å². The quantitative estimate of drug-likeness (QED) is 0.866. The summed E-state index contributed by atoms with van der Waals surface area (Å²) in [6.07, 6.45) is 5.35. The Morgan fingerprint density at radius 2 is 1.95 bits per heavy atom. The SMILES string of the molecule is CC(C)c1nc(CN2CCCCCC2)sc1C(N)=S. The van der Waals surface area contributed by atoms with Gasteiger partial charge in [0, 0.05) is 0 Å². The number of hydrogen-bond donors (Lipinski definition) is 1. The van der Waals surface area contributed by atoms with E-state index in [-0.39, 0.29) is 0 Å². The zero-order valence-electron chi connectivity index (χ0n) is 11.8. The van der Waals surface area contributed by atoms with E-state index in [1.54, 1.807) is 11.3 Å². The van der Waals surface area contributed by atoms with E-state index in [1.165, 1.54) is 38.8 Å². The Morgan fingerprint density at radius 1 is 1.32 bits per heavy atom. The molecule has 0 bridgehead atoms. The minimum atomic E-state index is 0.380. The van der Waals surface area contributed by atoms with Crippen LogP contribution in [-0.2, 0) is 6.54 Å². The maximum absolute atomic E-state index is 5.81. The van der Waals surface area contributed by atoms with E-state index < -0.39 is 0 Å². The topological polar surface area (TPSA) is 42.2 Å². The van der Waals surface area contributed by atoms with E-state index >= 15 is 0 Å². The zero-order chi connectivity index (χ0) is 13.8. The van der Waals surface area contributed by atoms with Crippen molar-refractivity contribution in [3.63, 3.8) is 0 Å². The van der Waals surface area contributed by atoms with Gasteiger partial charge in [-0.15, -0.1) is 11.3 Å². The first-order valence-electron chi connectivity index (χ1n) is 7.09. The minimum absolute atomic E-state index is 0.380. The number of aromatic nitrogens is 1. The molecule has 3 nitrogen and oxygen atoms in total. The molecule has 106 valence electrons. The Bertz CT molecular complexity index is 432. The van der Waals surface area contributed by atoms with Crippen LogP contribution in [0.3, 0.4) is 0 Å². The van der Waals surface area contributed by atoms with Gasteiger partial charge in [0.15, 0.2) is 0 Å². The van der Waals surface area contributed by atoms with E-state index in [0.29, 0.717) is 10.9 Å². The lowest BCUT2D eigenvalue weighted by molar-refractivity contribution is 0.276. The lowest BCUT2D eigenvalue weighted by Gasteiger charge is -2.17. The molecule has 0 aliphatic carbocycles. The Balaban J connectivity index is 2.11. The van der Waals surface area contributed by atoms with Crippen LogP contribution >= 0.6 is 23.6 Å². The predicted molar refractivity (Wildman–Crippen MR) is 85.8 cm³/mol. The molecule has 2 N–H and O–H groups in total. The molecule has 2 heterocycles. The number of hydrogen-bond acceptors (Lipinski definition) is 4. The lowest BCUT2D eigenvalue weighted by atomic mass is 10.1. The van der Waals surface area contributed by atoms with E-state index in [2.05, 4.69) is 18.7 Å².